The first-order valence-electron chi connectivity index (χ1n) is 11.3. The first-order chi connectivity index (χ1) is 15.5. The Labute approximate surface area is 189 Å². The van der Waals surface area contributed by atoms with E-state index in [1.54, 1.807) is 0 Å². The maximum atomic E-state index is 4.88. The lowest BCUT2D eigenvalue weighted by atomic mass is 9.95. The van der Waals surface area contributed by atoms with Crippen LogP contribution in [0.4, 0.5) is 0 Å². The lowest BCUT2D eigenvalue weighted by Crippen LogP contribution is -2.20. The normalized spacial score (nSPS) is 11.8. The molecule has 0 fully saturated rings. The van der Waals surface area contributed by atoms with E-state index in [0.717, 1.165) is 41.2 Å². The molecule has 0 aliphatic carbocycles. The Kier molecular flexibility index (Phi) is 6.44. The Balaban J connectivity index is 1.58. The van der Waals surface area contributed by atoms with Crippen molar-refractivity contribution in [3.63, 3.8) is 0 Å². The summed E-state index contributed by atoms with van der Waals surface area (Å²) < 4.78 is 2.07. The average Bonchev–Trinajstić information content (AvgIpc) is 3.45. The number of hydrogen-bond acceptors (Lipinski definition) is 5. The van der Waals surface area contributed by atoms with Crippen molar-refractivity contribution in [2.45, 2.75) is 65.3 Å². The van der Waals surface area contributed by atoms with Crippen LogP contribution in [0.3, 0.4) is 0 Å². The quantitative estimate of drug-likeness (QED) is 0.389. The van der Waals surface area contributed by atoms with Crippen LogP contribution in [0, 0.1) is 0 Å². The number of unbranched alkanes of at least 4 members (excludes halogenated alkanes) is 2. The highest BCUT2D eigenvalue weighted by atomic mass is 15.5. The molecular weight excluding hydrogens is 398 g/mol. The van der Waals surface area contributed by atoms with Crippen LogP contribution < -0.4 is 0 Å². The first kappa shape index (κ1) is 21.9. The van der Waals surface area contributed by atoms with Crippen molar-refractivity contribution in [2.24, 2.45) is 0 Å². The summed E-state index contributed by atoms with van der Waals surface area (Å²) in [6.45, 7) is 9.51. The molecule has 2 heterocycles. The third-order valence-corrected chi connectivity index (χ3v) is 5.50. The van der Waals surface area contributed by atoms with Crippen molar-refractivity contribution >= 4 is 0 Å². The number of nitrogens with zero attached hydrogens (tertiary/aromatic N) is 6. The van der Waals surface area contributed by atoms with E-state index >= 15 is 0 Å². The van der Waals surface area contributed by atoms with Gasteiger partial charge >= 0.3 is 0 Å². The van der Waals surface area contributed by atoms with E-state index in [1.165, 1.54) is 18.4 Å². The molecule has 1 N–H and O–H groups in total. The number of aryl methyl sites for hydroxylation is 1. The van der Waals surface area contributed by atoms with Crippen LogP contribution in [0.25, 0.3) is 22.5 Å². The molecule has 0 spiro atoms. The molecule has 0 atom stereocenters. The van der Waals surface area contributed by atoms with Gasteiger partial charge in [-0.05, 0) is 28.3 Å². The zero-order valence-corrected chi connectivity index (χ0v) is 19.3. The standard InChI is InChI=1S/C25H31N7/c1-5-6-7-12-22-26-24(25(2,3)4)32(29-22)17-18-13-15-19(16-14-18)20-10-8-9-11-21(20)23-27-30-31-28-23/h8-11,13-16H,5-7,12,17H2,1-4H3,(H,27,28,30,31). The van der Waals surface area contributed by atoms with E-state index in [0.29, 0.717) is 12.4 Å². The van der Waals surface area contributed by atoms with Gasteiger partial charge in [0.15, 0.2) is 5.82 Å². The fourth-order valence-electron chi connectivity index (χ4n) is 3.86. The van der Waals surface area contributed by atoms with Gasteiger partial charge in [-0.3, -0.25) is 0 Å². The number of tetrazole rings is 1. The summed E-state index contributed by atoms with van der Waals surface area (Å²) >= 11 is 0. The lowest BCUT2D eigenvalue weighted by molar-refractivity contribution is 0.490. The van der Waals surface area contributed by atoms with Crippen LogP contribution in [-0.2, 0) is 18.4 Å². The zero-order valence-electron chi connectivity index (χ0n) is 19.3. The number of hydrogen-bond donors (Lipinski definition) is 1. The molecule has 0 aliphatic rings. The number of H-pyrrole nitrogens is 1. The number of rotatable bonds is 8. The molecule has 0 unspecified atom stereocenters. The van der Waals surface area contributed by atoms with Crippen LogP contribution in [-0.4, -0.2) is 35.4 Å². The van der Waals surface area contributed by atoms with Gasteiger partial charge in [0, 0.05) is 17.4 Å². The molecular formula is C25H31N7. The fraction of sp³-hybridized carbons (Fsp3) is 0.400. The molecule has 32 heavy (non-hydrogen) atoms. The zero-order chi connectivity index (χ0) is 22.6. The van der Waals surface area contributed by atoms with Crippen LogP contribution in [0.15, 0.2) is 48.5 Å². The van der Waals surface area contributed by atoms with Gasteiger partial charge in [0.2, 0.25) is 5.82 Å². The van der Waals surface area contributed by atoms with Gasteiger partial charge in [0.1, 0.15) is 5.82 Å². The van der Waals surface area contributed by atoms with Crippen LogP contribution in [0.5, 0.6) is 0 Å². The third kappa shape index (κ3) is 4.93. The maximum absolute atomic E-state index is 4.88. The van der Waals surface area contributed by atoms with Gasteiger partial charge in [-0.15, -0.1) is 10.2 Å². The minimum absolute atomic E-state index is 0.0561. The molecule has 0 radical (unpaired) electrons. The Morgan fingerprint density at radius 3 is 2.34 bits per heavy atom. The van der Waals surface area contributed by atoms with Crippen molar-refractivity contribution in [2.75, 3.05) is 0 Å². The average molecular weight is 430 g/mol. The first-order valence-corrected chi connectivity index (χ1v) is 11.3. The summed E-state index contributed by atoms with van der Waals surface area (Å²) in [7, 11) is 0. The summed E-state index contributed by atoms with van der Waals surface area (Å²) in [6, 6.07) is 16.7. The molecule has 4 rings (SSSR count). The van der Waals surface area contributed by atoms with E-state index < -0.39 is 0 Å². The topological polar surface area (TPSA) is 85.2 Å². The summed E-state index contributed by atoms with van der Waals surface area (Å²) in [5.74, 6) is 2.59. The monoisotopic (exact) mass is 429 g/mol. The molecule has 166 valence electrons. The summed E-state index contributed by atoms with van der Waals surface area (Å²) in [4.78, 5) is 4.88. The highest BCUT2D eigenvalue weighted by Gasteiger charge is 2.23. The number of aromatic nitrogens is 7. The highest BCUT2D eigenvalue weighted by Crippen LogP contribution is 2.30. The van der Waals surface area contributed by atoms with Crippen molar-refractivity contribution in [3.8, 4) is 22.5 Å². The summed E-state index contributed by atoms with van der Waals surface area (Å²) in [5.41, 5.74) is 4.29. The fourth-order valence-corrected chi connectivity index (χ4v) is 3.86. The van der Waals surface area contributed by atoms with Crippen LogP contribution >= 0.6 is 0 Å². The van der Waals surface area contributed by atoms with Crippen molar-refractivity contribution in [1.29, 1.82) is 0 Å². The molecule has 4 aromatic rings. The second-order valence-corrected chi connectivity index (χ2v) is 9.19. The van der Waals surface area contributed by atoms with Crippen LogP contribution in [0.2, 0.25) is 0 Å². The third-order valence-electron chi connectivity index (χ3n) is 5.50. The smallest absolute Gasteiger partial charge is 0.205 e. The lowest BCUT2D eigenvalue weighted by Gasteiger charge is -2.18. The minimum atomic E-state index is -0.0561. The van der Waals surface area contributed by atoms with Gasteiger partial charge in [-0.25, -0.2) is 9.67 Å². The van der Waals surface area contributed by atoms with Crippen molar-refractivity contribution in [1.82, 2.24) is 35.4 Å². The maximum Gasteiger partial charge on any atom is 0.205 e. The number of aromatic amines is 1. The van der Waals surface area contributed by atoms with Crippen LogP contribution in [0.1, 0.15) is 64.2 Å². The van der Waals surface area contributed by atoms with E-state index in [4.69, 9.17) is 10.1 Å². The molecule has 2 aromatic heterocycles. The molecule has 0 amide bonds. The van der Waals surface area contributed by atoms with E-state index in [1.807, 2.05) is 18.2 Å². The molecule has 0 aliphatic heterocycles. The predicted octanol–water partition coefficient (Wildman–Crippen LogP) is 5.20. The molecule has 0 saturated heterocycles. The Morgan fingerprint density at radius 2 is 1.69 bits per heavy atom. The number of benzene rings is 2. The van der Waals surface area contributed by atoms with E-state index in [2.05, 4.69) is 83.3 Å². The van der Waals surface area contributed by atoms with Gasteiger partial charge in [-0.2, -0.15) is 10.3 Å². The van der Waals surface area contributed by atoms with E-state index in [9.17, 15) is 0 Å². The van der Waals surface area contributed by atoms with E-state index in [-0.39, 0.29) is 5.41 Å². The van der Waals surface area contributed by atoms with Gasteiger partial charge < -0.3 is 0 Å². The SMILES string of the molecule is CCCCCc1nc(C(C)(C)C)n(Cc2ccc(-c3ccccc3-c3nn[nH]n3)cc2)n1. The minimum Gasteiger partial charge on any atom is -0.245 e. The molecule has 7 heteroatoms. The number of nitrogens with one attached hydrogen (secondary N) is 1. The second-order valence-electron chi connectivity index (χ2n) is 9.19. The van der Waals surface area contributed by atoms with Crippen molar-refractivity contribution in [3.05, 3.63) is 65.7 Å². The predicted molar refractivity (Wildman–Crippen MR) is 126 cm³/mol. The Hall–Kier alpha value is -3.35. The molecule has 0 saturated carbocycles. The molecule has 2 aromatic carbocycles. The Morgan fingerprint density at radius 1 is 0.938 bits per heavy atom. The largest absolute Gasteiger partial charge is 0.245 e. The Bertz CT molecular complexity index is 1140. The van der Waals surface area contributed by atoms with Gasteiger partial charge in [-0.1, -0.05) is 89.1 Å². The summed E-state index contributed by atoms with van der Waals surface area (Å²) in [6.07, 6.45) is 4.50. The second kappa shape index (κ2) is 9.42. The highest BCUT2D eigenvalue weighted by molar-refractivity contribution is 5.80. The van der Waals surface area contributed by atoms with Crippen molar-refractivity contribution < 1.29 is 0 Å². The van der Waals surface area contributed by atoms with Gasteiger partial charge in [0.05, 0.1) is 6.54 Å². The summed E-state index contributed by atoms with van der Waals surface area (Å²) in [5, 5.41) is 19.4. The molecule has 0 bridgehead atoms. The van der Waals surface area contributed by atoms with Gasteiger partial charge in [0.25, 0.3) is 0 Å². The molecule has 7 nitrogen and oxygen atoms in total.